The van der Waals surface area contributed by atoms with Crippen LogP contribution >= 0.6 is 27.5 Å². The monoisotopic (exact) mass is 349 g/mol. The molecule has 0 saturated heterocycles. The number of halogens is 2. The molecule has 1 heterocycles. The summed E-state index contributed by atoms with van der Waals surface area (Å²) in [6, 6.07) is 8.50. The molecular formula is C17H17BrClN. The number of aromatic nitrogens is 1. The lowest BCUT2D eigenvalue weighted by molar-refractivity contribution is 0.574. The maximum atomic E-state index is 6.07. The summed E-state index contributed by atoms with van der Waals surface area (Å²) in [6.07, 6.45) is 6.13. The number of pyridine rings is 1. The lowest BCUT2D eigenvalue weighted by Gasteiger charge is -2.11. The van der Waals surface area contributed by atoms with Gasteiger partial charge in [0, 0.05) is 5.39 Å². The normalized spacial score (nSPS) is 18.9. The molecule has 3 rings (SSSR count). The lowest BCUT2D eigenvalue weighted by atomic mass is 9.95. The largest absolute Gasteiger partial charge is 0.235 e. The summed E-state index contributed by atoms with van der Waals surface area (Å²) in [5.74, 6) is 0.715. The van der Waals surface area contributed by atoms with E-state index < -0.39 is 0 Å². The van der Waals surface area contributed by atoms with Gasteiger partial charge in [0.1, 0.15) is 5.15 Å². The Balaban J connectivity index is 1.78. The molecule has 1 aromatic carbocycles. The van der Waals surface area contributed by atoms with Crippen molar-refractivity contribution in [3.63, 3.8) is 0 Å². The first-order chi connectivity index (χ1) is 9.63. The third-order valence-corrected chi connectivity index (χ3v) is 5.32. The van der Waals surface area contributed by atoms with Gasteiger partial charge in [-0.1, -0.05) is 35.9 Å². The highest BCUT2D eigenvalue weighted by Crippen LogP contribution is 2.33. The Labute approximate surface area is 133 Å². The molecule has 0 aliphatic heterocycles. The highest BCUT2D eigenvalue weighted by molar-refractivity contribution is 9.10. The predicted octanol–water partition coefficient (Wildman–Crippen LogP) is 5.94. The van der Waals surface area contributed by atoms with Crippen molar-refractivity contribution in [2.45, 2.75) is 32.1 Å². The van der Waals surface area contributed by atoms with Crippen LogP contribution in [0.3, 0.4) is 0 Å². The molecule has 1 aliphatic carbocycles. The zero-order valence-corrected chi connectivity index (χ0v) is 13.7. The third-order valence-electron chi connectivity index (χ3n) is 4.20. The average Bonchev–Trinajstić information content (AvgIpc) is 2.83. The van der Waals surface area contributed by atoms with E-state index in [1.807, 2.05) is 6.07 Å². The molecule has 3 heteroatoms. The molecule has 1 fully saturated rings. The van der Waals surface area contributed by atoms with Crippen LogP contribution in [0.1, 0.15) is 31.2 Å². The molecule has 1 saturated carbocycles. The second-order valence-corrected chi connectivity index (χ2v) is 6.79. The first kappa shape index (κ1) is 14.1. The van der Waals surface area contributed by atoms with Gasteiger partial charge >= 0.3 is 0 Å². The summed E-state index contributed by atoms with van der Waals surface area (Å²) in [4.78, 5) is 4.43. The van der Waals surface area contributed by atoms with Crippen LogP contribution in [0.5, 0.6) is 0 Å². The van der Waals surface area contributed by atoms with Gasteiger partial charge in [0.25, 0.3) is 0 Å². The summed E-state index contributed by atoms with van der Waals surface area (Å²) < 4.78 is 0.849. The predicted molar refractivity (Wildman–Crippen MR) is 89.3 cm³/mol. The lowest BCUT2D eigenvalue weighted by Crippen LogP contribution is -1.98. The van der Waals surface area contributed by atoms with Crippen molar-refractivity contribution in [1.82, 2.24) is 4.98 Å². The Bertz CT molecular complexity index is 665. The summed E-state index contributed by atoms with van der Waals surface area (Å²) >= 11 is 9.48. The number of rotatable bonds is 3. The van der Waals surface area contributed by atoms with Crippen molar-refractivity contribution in [2.75, 3.05) is 0 Å². The molecule has 20 heavy (non-hydrogen) atoms. The van der Waals surface area contributed by atoms with Gasteiger partial charge in [-0.25, -0.2) is 4.98 Å². The number of aryl methyl sites for hydroxylation is 1. The molecule has 1 aromatic heterocycles. The quantitative estimate of drug-likeness (QED) is 0.493. The van der Waals surface area contributed by atoms with Gasteiger partial charge in [-0.15, -0.1) is 0 Å². The van der Waals surface area contributed by atoms with Crippen LogP contribution in [-0.2, 0) is 6.42 Å². The number of hydrogen-bond acceptors (Lipinski definition) is 1. The molecule has 0 bridgehead atoms. The minimum absolute atomic E-state index is 0.527. The molecule has 0 radical (unpaired) electrons. The molecule has 1 aliphatic rings. The van der Waals surface area contributed by atoms with E-state index in [2.05, 4.69) is 45.7 Å². The highest BCUT2D eigenvalue weighted by atomic mass is 79.9. The Hall–Kier alpha value is -0.860. The zero-order chi connectivity index (χ0) is 14.1. The van der Waals surface area contributed by atoms with Gasteiger partial charge in [0.05, 0.1) is 9.99 Å². The number of fused-ring (bicyclic) bond motifs is 1. The Morgan fingerprint density at radius 1 is 1.35 bits per heavy atom. The fraction of sp³-hybridized carbons (Fsp3) is 0.353. The van der Waals surface area contributed by atoms with Gasteiger partial charge in [0.2, 0.25) is 0 Å². The minimum Gasteiger partial charge on any atom is -0.235 e. The average molecular weight is 351 g/mol. The van der Waals surface area contributed by atoms with E-state index in [-0.39, 0.29) is 0 Å². The van der Waals surface area contributed by atoms with Crippen molar-refractivity contribution in [3.8, 4) is 0 Å². The van der Waals surface area contributed by atoms with Crippen LogP contribution in [-0.4, -0.2) is 4.98 Å². The molecule has 104 valence electrons. The van der Waals surface area contributed by atoms with Crippen LogP contribution in [0.4, 0.5) is 0 Å². The zero-order valence-electron chi connectivity index (χ0n) is 11.3. The van der Waals surface area contributed by atoms with Gasteiger partial charge in [-0.3, -0.25) is 0 Å². The van der Waals surface area contributed by atoms with Crippen LogP contribution in [0.25, 0.3) is 10.9 Å². The molecule has 1 unspecified atom stereocenters. The maximum Gasteiger partial charge on any atom is 0.143 e. The standard InChI is InChI=1S/C17H17BrClN/c1-11-3-2-4-13(11)7-5-12-6-8-14-10-15(18)17(19)20-16(14)9-12/h6,8-10,13H,1-5,7H2. The van der Waals surface area contributed by atoms with Crippen LogP contribution in [0.15, 0.2) is 40.9 Å². The van der Waals surface area contributed by atoms with E-state index in [1.54, 1.807) is 0 Å². The summed E-state index contributed by atoms with van der Waals surface area (Å²) in [5, 5.41) is 1.65. The van der Waals surface area contributed by atoms with E-state index in [0.717, 1.165) is 21.8 Å². The van der Waals surface area contributed by atoms with Gasteiger partial charge in [-0.2, -0.15) is 0 Å². The second kappa shape index (κ2) is 5.87. The van der Waals surface area contributed by atoms with E-state index in [4.69, 9.17) is 11.6 Å². The van der Waals surface area contributed by atoms with Crippen molar-refractivity contribution < 1.29 is 0 Å². The van der Waals surface area contributed by atoms with Crippen molar-refractivity contribution in [2.24, 2.45) is 5.92 Å². The van der Waals surface area contributed by atoms with Gasteiger partial charge < -0.3 is 0 Å². The Morgan fingerprint density at radius 3 is 2.95 bits per heavy atom. The fourth-order valence-corrected chi connectivity index (χ4v) is 3.47. The fourth-order valence-electron chi connectivity index (χ4n) is 2.99. The minimum atomic E-state index is 0.527. The number of allylic oxidation sites excluding steroid dienone is 1. The SMILES string of the molecule is C=C1CCCC1CCc1ccc2cc(Br)c(Cl)nc2c1. The smallest absolute Gasteiger partial charge is 0.143 e. The molecule has 2 aromatic rings. The summed E-state index contributed by atoms with van der Waals surface area (Å²) in [5.41, 5.74) is 3.75. The Morgan fingerprint density at radius 2 is 2.20 bits per heavy atom. The van der Waals surface area contributed by atoms with Crippen LogP contribution in [0, 0.1) is 5.92 Å². The van der Waals surface area contributed by atoms with E-state index in [9.17, 15) is 0 Å². The highest BCUT2D eigenvalue weighted by Gasteiger charge is 2.18. The van der Waals surface area contributed by atoms with E-state index in [1.165, 1.54) is 36.8 Å². The van der Waals surface area contributed by atoms with Crippen molar-refractivity contribution in [3.05, 3.63) is 51.6 Å². The number of hydrogen-bond donors (Lipinski definition) is 0. The molecular weight excluding hydrogens is 334 g/mol. The third kappa shape index (κ3) is 2.91. The first-order valence-corrected chi connectivity index (χ1v) is 8.23. The topological polar surface area (TPSA) is 12.9 Å². The number of nitrogens with zero attached hydrogens (tertiary/aromatic N) is 1. The molecule has 0 spiro atoms. The Kier molecular flexibility index (Phi) is 4.13. The van der Waals surface area contributed by atoms with Gasteiger partial charge in [0.15, 0.2) is 0 Å². The second-order valence-electron chi connectivity index (χ2n) is 5.57. The molecule has 0 N–H and O–H groups in total. The molecule has 1 nitrogen and oxygen atoms in total. The van der Waals surface area contributed by atoms with Crippen molar-refractivity contribution in [1.29, 1.82) is 0 Å². The number of benzene rings is 1. The summed E-state index contributed by atoms with van der Waals surface area (Å²) in [6.45, 7) is 4.18. The summed E-state index contributed by atoms with van der Waals surface area (Å²) in [7, 11) is 0. The first-order valence-electron chi connectivity index (χ1n) is 7.06. The van der Waals surface area contributed by atoms with Crippen molar-refractivity contribution >= 4 is 38.4 Å². The van der Waals surface area contributed by atoms with Gasteiger partial charge in [-0.05, 0) is 71.6 Å². The van der Waals surface area contributed by atoms with Crippen LogP contribution in [0.2, 0.25) is 5.15 Å². The maximum absolute atomic E-state index is 6.07. The molecule has 1 atom stereocenters. The van der Waals surface area contributed by atoms with Crippen LogP contribution < -0.4 is 0 Å². The van der Waals surface area contributed by atoms with E-state index in [0.29, 0.717) is 11.1 Å². The molecule has 0 amide bonds. The van der Waals surface area contributed by atoms with E-state index >= 15 is 0 Å².